The van der Waals surface area contributed by atoms with Crippen LogP contribution in [0.1, 0.15) is 28.3 Å². The van der Waals surface area contributed by atoms with Crippen molar-refractivity contribution in [1.29, 1.82) is 0 Å². The van der Waals surface area contributed by atoms with Crippen LogP contribution in [0.4, 0.5) is 5.69 Å². The Morgan fingerprint density at radius 2 is 1.95 bits per heavy atom. The van der Waals surface area contributed by atoms with E-state index in [0.29, 0.717) is 16.5 Å². The fraction of sp³-hybridized carbons (Fsp3) is 0.188. The van der Waals surface area contributed by atoms with Crippen molar-refractivity contribution in [2.75, 3.05) is 5.32 Å². The minimum Gasteiger partial charge on any atom is -0.325 e. The molecule has 3 N–H and O–H groups in total. The summed E-state index contributed by atoms with van der Waals surface area (Å²) < 4.78 is 0. The average Bonchev–Trinajstić information content (AvgIpc) is 2.79. The summed E-state index contributed by atoms with van der Waals surface area (Å²) in [6.07, 6.45) is 0.362. The highest BCUT2D eigenvalue weighted by Gasteiger charge is 2.22. The largest absolute Gasteiger partial charge is 0.325 e. The number of aryl methyl sites for hydroxylation is 1. The Balaban J connectivity index is 2.02. The van der Waals surface area contributed by atoms with E-state index in [1.165, 1.54) is 0 Å². The summed E-state index contributed by atoms with van der Waals surface area (Å²) in [5, 5.41) is 4.00. The lowest BCUT2D eigenvalue weighted by atomic mass is 9.96. The zero-order valence-electron chi connectivity index (χ0n) is 11.4. The van der Waals surface area contributed by atoms with Crippen molar-refractivity contribution in [3.05, 3.63) is 62.6 Å². The average molecular weight is 321 g/mol. The van der Waals surface area contributed by atoms with Gasteiger partial charge in [-0.2, -0.15) is 0 Å². The van der Waals surface area contributed by atoms with Crippen LogP contribution in [0.3, 0.4) is 0 Å². The minimum absolute atomic E-state index is 0.0230. The van der Waals surface area contributed by atoms with Crippen LogP contribution < -0.4 is 11.1 Å². The normalized spacial score (nSPS) is 14.8. The van der Waals surface area contributed by atoms with Gasteiger partial charge in [-0.1, -0.05) is 35.3 Å². The maximum atomic E-state index is 11.4. The maximum absolute atomic E-state index is 11.4. The number of carbonyl (C=O) groups is 1. The summed E-state index contributed by atoms with van der Waals surface area (Å²) in [4.78, 5) is 11.4. The van der Waals surface area contributed by atoms with Gasteiger partial charge in [-0.25, -0.2) is 0 Å². The van der Waals surface area contributed by atoms with E-state index < -0.39 is 0 Å². The number of carbonyl (C=O) groups excluding carboxylic acids is 1. The van der Waals surface area contributed by atoms with Crippen LogP contribution in [0.5, 0.6) is 0 Å². The molecule has 1 heterocycles. The van der Waals surface area contributed by atoms with E-state index in [9.17, 15) is 4.79 Å². The van der Waals surface area contributed by atoms with Gasteiger partial charge < -0.3 is 11.1 Å². The number of rotatable bonds is 2. The number of hydrogen-bond acceptors (Lipinski definition) is 2. The molecule has 21 heavy (non-hydrogen) atoms. The van der Waals surface area contributed by atoms with Crippen molar-refractivity contribution in [3.8, 4) is 0 Å². The van der Waals surface area contributed by atoms with Gasteiger partial charge in [-0.05, 0) is 47.4 Å². The molecule has 3 rings (SSSR count). The van der Waals surface area contributed by atoms with Crippen molar-refractivity contribution in [3.63, 3.8) is 0 Å². The Kier molecular flexibility index (Phi) is 3.66. The Hall–Kier alpha value is -1.55. The molecule has 5 heteroatoms. The zero-order valence-corrected chi connectivity index (χ0v) is 12.9. The van der Waals surface area contributed by atoms with Gasteiger partial charge in [0.25, 0.3) is 0 Å². The van der Waals surface area contributed by atoms with E-state index in [-0.39, 0.29) is 11.9 Å². The van der Waals surface area contributed by atoms with Crippen LogP contribution in [-0.4, -0.2) is 5.91 Å². The standard InChI is InChI=1S/C16H14Cl2N2O/c1-8-2-3-9(5-12(8)17)16(19)11-4-10-6-15(21)20-14(10)7-13(11)18/h2-5,7,16H,6,19H2,1H3,(H,20,21). The molecule has 0 radical (unpaired) electrons. The van der Waals surface area contributed by atoms with Gasteiger partial charge >= 0.3 is 0 Å². The molecule has 0 saturated carbocycles. The van der Waals surface area contributed by atoms with Crippen molar-refractivity contribution >= 4 is 34.8 Å². The number of amides is 1. The molecule has 1 amide bonds. The fourth-order valence-electron chi connectivity index (χ4n) is 2.49. The van der Waals surface area contributed by atoms with Crippen molar-refractivity contribution in [2.45, 2.75) is 19.4 Å². The molecular weight excluding hydrogens is 307 g/mol. The predicted molar refractivity (Wildman–Crippen MR) is 86.0 cm³/mol. The summed E-state index contributed by atoms with van der Waals surface area (Å²) >= 11 is 12.5. The number of halogens is 2. The summed E-state index contributed by atoms with van der Waals surface area (Å²) in [6, 6.07) is 9.01. The summed E-state index contributed by atoms with van der Waals surface area (Å²) in [7, 11) is 0. The van der Waals surface area contributed by atoms with Crippen LogP contribution in [0.15, 0.2) is 30.3 Å². The van der Waals surface area contributed by atoms with Crippen LogP contribution in [-0.2, 0) is 11.2 Å². The lowest BCUT2D eigenvalue weighted by Gasteiger charge is -2.16. The van der Waals surface area contributed by atoms with Crippen LogP contribution in [0.25, 0.3) is 0 Å². The molecule has 0 aromatic heterocycles. The van der Waals surface area contributed by atoms with Gasteiger partial charge in [-0.15, -0.1) is 0 Å². The van der Waals surface area contributed by atoms with Crippen molar-refractivity contribution in [2.24, 2.45) is 5.73 Å². The smallest absolute Gasteiger partial charge is 0.228 e. The molecular formula is C16H14Cl2N2O. The molecule has 1 aliphatic heterocycles. The molecule has 2 aromatic carbocycles. The molecule has 108 valence electrons. The van der Waals surface area contributed by atoms with E-state index in [2.05, 4.69) is 5.32 Å². The molecule has 3 nitrogen and oxygen atoms in total. The number of fused-ring (bicyclic) bond motifs is 1. The van der Waals surface area contributed by atoms with Gasteiger partial charge in [0.2, 0.25) is 5.91 Å². The number of nitrogens with two attached hydrogens (primary N) is 1. The Morgan fingerprint density at radius 3 is 2.67 bits per heavy atom. The highest BCUT2D eigenvalue weighted by molar-refractivity contribution is 6.32. The second-order valence-electron chi connectivity index (χ2n) is 5.24. The molecule has 0 bridgehead atoms. The van der Waals surface area contributed by atoms with Gasteiger partial charge in [-0.3, -0.25) is 4.79 Å². The van der Waals surface area contributed by atoms with Crippen molar-refractivity contribution < 1.29 is 4.79 Å². The first-order valence-corrected chi connectivity index (χ1v) is 7.35. The first kappa shape index (κ1) is 14.4. The van der Waals surface area contributed by atoms with Crippen LogP contribution >= 0.6 is 23.2 Å². The van der Waals surface area contributed by atoms with Gasteiger partial charge in [0.05, 0.1) is 12.5 Å². The fourth-order valence-corrected chi connectivity index (χ4v) is 2.96. The predicted octanol–water partition coefficient (Wildman–Crippen LogP) is 3.84. The topological polar surface area (TPSA) is 55.1 Å². The molecule has 1 atom stereocenters. The summed E-state index contributed by atoms with van der Waals surface area (Å²) in [5.41, 5.74) is 10.7. The lowest BCUT2D eigenvalue weighted by Crippen LogP contribution is -2.13. The SMILES string of the molecule is Cc1ccc(C(N)c2cc3c(cc2Cl)NC(=O)C3)cc1Cl. The molecule has 0 spiro atoms. The van der Waals surface area contributed by atoms with Crippen LogP contribution in [0, 0.1) is 6.92 Å². The van der Waals surface area contributed by atoms with Crippen molar-refractivity contribution in [1.82, 2.24) is 0 Å². The molecule has 0 aliphatic carbocycles. The number of benzene rings is 2. The lowest BCUT2D eigenvalue weighted by molar-refractivity contribution is -0.115. The second kappa shape index (κ2) is 5.34. The third-order valence-electron chi connectivity index (χ3n) is 3.74. The minimum atomic E-state index is -0.378. The third-order valence-corrected chi connectivity index (χ3v) is 4.47. The molecule has 0 fully saturated rings. The monoisotopic (exact) mass is 320 g/mol. The highest BCUT2D eigenvalue weighted by atomic mass is 35.5. The maximum Gasteiger partial charge on any atom is 0.228 e. The Bertz CT molecular complexity index is 743. The van der Waals surface area contributed by atoms with Gasteiger partial charge in [0, 0.05) is 15.7 Å². The molecule has 1 unspecified atom stereocenters. The third kappa shape index (κ3) is 2.64. The number of hydrogen-bond donors (Lipinski definition) is 2. The number of anilines is 1. The molecule has 0 saturated heterocycles. The molecule has 2 aromatic rings. The van der Waals surface area contributed by atoms with Gasteiger partial charge in [0.1, 0.15) is 0 Å². The molecule has 1 aliphatic rings. The van der Waals surface area contributed by atoms with E-state index in [4.69, 9.17) is 28.9 Å². The summed E-state index contributed by atoms with van der Waals surface area (Å²) in [5.74, 6) is -0.0230. The highest BCUT2D eigenvalue weighted by Crippen LogP contribution is 2.35. The van der Waals surface area contributed by atoms with E-state index in [0.717, 1.165) is 27.9 Å². The first-order valence-electron chi connectivity index (χ1n) is 6.59. The van der Waals surface area contributed by atoms with Crippen LogP contribution in [0.2, 0.25) is 10.0 Å². The summed E-state index contributed by atoms with van der Waals surface area (Å²) in [6.45, 7) is 1.94. The number of nitrogens with one attached hydrogen (secondary N) is 1. The quantitative estimate of drug-likeness (QED) is 0.883. The first-order chi connectivity index (χ1) is 9.95. The van der Waals surface area contributed by atoms with E-state index in [1.54, 1.807) is 6.07 Å². The Morgan fingerprint density at radius 1 is 1.19 bits per heavy atom. The Labute approximate surface area is 133 Å². The van der Waals surface area contributed by atoms with Gasteiger partial charge in [0.15, 0.2) is 0 Å². The van der Waals surface area contributed by atoms with E-state index in [1.807, 2.05) is 31.2 Å². The van der Waals surface area contributed by atoms with E-state index >= 15 is 0 Å². The zero-order chi connectivity index (χ0) is 15.1. The second-order valence-corrected chi connectivity index (χ2v) is 6.06.